The summed E-state index contributed by atoms with van der Waals surface area (Å²) in [4.78, 5) is 48.8. The number of benzene rings is 2. The second kappa shape index (κ2) is 11.2. The van der Waals surface area contributed by atoms with Crippen LogP contribution in [0.5, 0.6) is 0 Å². The molecule has 0 bridgehead atoms. The molecule has 39 heavy (non-hydrogen) atoms. The van der Waals surface area contributed by atoms with E-state index in [0.717, 1.165) is 49.0 Å². The number of halogens is 1. The van der Waals surface area contributed by atoms with Gasteiger partial charge in [0.25, 0.3) is 11.8 Å². The molecule has 0 saturated carbocycles. The average molecular weight is 532 g/mol. The molecular formula is C29H30FN5O4. The lowest BCUT2D eigenvalue weighted by molar-refractivity contribution is 0.0696. The van der Waals surface area contributed by atoms with Gasteiger partial charge in [0, 0.05) is 25.7 Å². The van der Waals surface area contributed by atoms with Gasteiger partial charge in [0.05, 0.1) is 11.6 Å². The third-order valence-electron chi connectivity index (χ3n) is 7.27. The summed E-state index contributed by atoms with van der Waals surface area (Å²) in [5, 5.41) is 15.1. The molecule has 0 radical (unpaired) electrons. The van der Waals surface area contributed by atoms with Gasteiger partial charge in [-0.05, 0) is 79.5 Å². The van der Waals surface area contributed by atoms with Gasteiger partial charge in [-0.2, -0.15) is 0 Å². The Hall–Kier alpha value is -4.34. The number of fused-ring (bicyclic) bond motifs is 1. The molecule has 0 unspecified atom stereocenters. The smallest absolute Gasteiger partial charge is 0.335 e. The zero-order valence-corrected chi connectivity index (χ0v) is 21.7. The minimum absolute atomic E-state index is 0.0764. The number of carboxylic acid groups (broad SMARTS) is 1. The van der Waals surface area contributed by atoms with Gasteiger partial charge < -0.3 is 20.6 Å². The fourth-order valence-corrected chi connectivity index (χ4v) is 5.12. The van der Waals surface area contributed by atoms with Gasteiger partial charge in [-0.1, -0.05) is 18.2 Å². The number of hydrogen-bond acceptors (Lipinski definition) is 6. The first-order chi connectivity index (χ1) is 18.8. The van der Waals surface area contributed by atoms with E-state index in [0.29, 0.717) is 24.4 Å². The highest BCUT2D eigenvalue weighted by Gasteiger charge is 2.27. The molecule has 1 fully saturated rings. The molecule has 202 valence electrons. The first kappa shape index (κ1) is 26.3. The van der Waals surface area contributed by atoms with Crippen molar-refractivity contribution >= 4 is 23.7 Å². The van der Waals surface area contributed by atoms with E-state index in [9.17, 15) is 23.9 Å². The van der Waals surface area contributed by atoms with Crippen LogP contribution in [0.25, 0.3) is 0 Å². The maximum Gasteiger partial charge on any atom is 0.335 e. The van der Waals surface area contributed by atoms with Crippen LogP contribution in [0.3, 0.4) is 0 Å². The summed E-state index contributed by atoms with van der Waals surface area (Å²) in [5.74, 6) is -1.85. The van der Waals surface area contributed by atoms with Crippen molar-refractivity contribution in [3.63, 3.8) is 0 Å². The number of amides is 2. The Morgan fingerprint density at radius 1 is 1.00 bits per heavy atom. The maximum absolute atomic E-state index is 13.6. The van der Waals surface area contributed by atoms with Crippen LogP contribution in [0, 0.1) is 12.7 Å². The molecule has 3 N–H and O–H groups in total. The molecule has 1 aliphatic heterocycles. The Balaban J connectivity index is 1.37. The third-order valence-corrected chi connectivity index (χ3v) is 7.27. The third kappa shape index (κ3) is 5.89. The number of carbonyl (C=O) groups excluding carboxylic acids is 2. The van der Waals surface area contributed by atoms with Crippen molar-refractivity contribution in [3.05, 3.63) is 87.5 Å². The Morgan fingerprint density at radius 3 is 2.46 bits per heavy atom. The number of nitrogens with one attached hydrogen (secondary N) is 2. The van der Waals surface area contributed by atoms with Crippen molar-refractivity contribution in [2.24, 2.45) is 0 Å². The fraction of sp³-hybridized carbons (Fsp3) is 0.345. The van der Waals surface area contributed by atoms with E-state index in [-0.39, 0.29) is 35.4 Å². The van der Waals surface area contributed by atoms with Crippen molar-refractivity contribution < 1.29 is 23.9 Å². The predicted octanol–water partition coefficient (Wildman–Crippen LogP) is 3.96. The number of nitrogens with zero attached hydrogens (tertiary/aromatic N) is 3. The highest BCUT2D eigenvalue weighted by Crippen LogP contribution is 2.32. The highest BCUT2D eigenvalue weighted by atomic mass is 19.1. The summed E-state index contributed by atoms with van der Waals surface area (Å²) in [7, 11) is 0. The van der Waals surface area contributed by atoms with Gasteiger partial charge in [0.1, 0.15) is 17.2 Å². The van der Waals surface area contributed by atoms with Gasteiger partial charge in [-0.3, -0.25) is 9.59 Å². The number of rotatable bonds is 7. The number of anilines is 1. The molecule has 2 amide bonds. The van der Waals surface area contributed by atoms with Crippen LogP contribution in [0.1, 0.15) is 85.3 Å². The number of carbonyl (C=O) groups is 3. The van der Waals surface area contributed by atoms with E-state index in [1.807, 2.05) is 4.90 Å². The van der Waals surface area contributed by atoms with Crippen LogP contribution in [0.15, 0.2) is 42.5 Å². The van der Waals surface area contributed by atoms with Gasteiger partial charge >= 0.3 is 5.97 Å². The predicted molar refractivity (Wildman–Crippen MR) is 142 cm³/mol. The van der Waals surface area contributed by atoms with Gasteiger partial charge in [0.15, 0.2) is 0 Å². The quantitative estimate of drug-likeness (QED) is 0.422. The number of carboxylic acids is 1. The van der Waals surface area contributed by atoms with Crippen LogP contribution in [-0.2, 0) is 13.0 Å². The molecule has 1 aliphatic carbocycles. The van der Waals surface area contributed by atoms with Crippen LogP contribution >= 0.6 is 0 Å². The number of aromatic nitrogens is 2. The molecule has 2 aromatic carbocycles. The van der Waals surface area contributed by atoms with Crippen LogP contribution < -0.4 is 15.5 Å². The molecular weight excluding hydrogens is 501 g/mol. The summed E-state index contributed by atoms with van der Waals surface area (Å²) in [6.45, 7) is 3.32. The van der Waals surface area contributed by atoms with E-state index in [1.54, 1.807) is 31.2 Å². The van der Waals surface area contributed by atoms with Gasteiger partial charge in [-0.25, -0.2) is 19.2 Å². The largest absolute Gasteiger partial charge is 0.478 e. The lowest BCUT2D eigenvalue weighted by atomic mass is 10.0. The van der Waals surface area contributed by atoms with Crippen LogP contribution in [0.4, 0.5) is 10.3 Å². The SMILES string of the molecule is Cc1cc(CNC(=O)c2cc(C(=O)N[C@H]3CCc4cc(C(=O)O)ccc43)nc(N3CCCCC3)n2)ccc1F. The minimum atomic E-state index is -0.989. The standard InChI is InChI=1S/C29H30FN5O4/c1-17-13-18(5-9-22(17)30)16-31-26(36)24-15-25(34-29(33-24)35-11-3-2-4-12-35)27(37)32-23-10-7-19-14-20(28(38)39)6-8-21(19)23/h5-6,8-9,13-15,23H,2-4,7,10-12,16H2,1H3,(H,31,36)(H,32,37)(H,38,39)/t23-/m0/s1. The summed E-state index contributed by atoms with van der Waals surface area (Å²) in [5.41, 5.74) is 3.39. The Kier molecular flexibility index (Phi) is 7.53. The Bertz CT molecular complexity index is 1440. The number of piperidine rings is 1. The van der Waals surface area contributed by atoms with Gasteiger partial charge in [-0.15, -0.1) is 0 Å². The normalized spacial score (nSPS) is 16.5. The molecule has 0 spiro atoms. The zero-order valence-electron chi connectivity index (χ0n) is 21.7. The molecule has 5 rings (SSSR count). The van der Waals surface area contributed by atoms with Crippen molar-refractivity contribution in [2.75, 3.05) is 18.0 Å². The number of hydrogen-bond donors (Lipinski definition) is 3. The molecule has 2 aliphatic rings. The second-order valence-corrected chi connectivity index (χ2v) is 10.0. The van der Waals surface area contributed by atoms with Crippen LogP contribution in [-0.4, -0.2) is 45.9 Å². The summed E-state index contributed by atoms with van der Waals surface area (Å²) in [6.07, 6.45) is 4.34. The lowest BCUT2D eigenvalue weighted by Crippen LogP contribution is -2.34. The topological polar surface area (TPSA) is 125 Å². The van der Waals surface area contributed by atoms with E-state index in [1.165, 1.54) is 18.2 Å². The molecule has 10 heteroatoms. The van der Waals surface area contributed by atoms with Crippen molar-refractivity contribution in [2.45, 2.75) is 51.6 Å². The minimum Gasteiger partial charge on any atom is -0.478 e. The zero-order chi connectivity index (χ0) is 27.5. The fourth-order valence-electron chi connectivity index (χ4n) is 5.12. The number of aromatic carboxylic acids is 1. The maximum atomic E-state index is 13.6. The summed E-state index contributed by atoms with van der Waals surface area (Å²) >= 11 is 0. The second-order valence-electron chi connectivity index (χ2n) is 10.0. The van der Waals surface area contributed by atoms with Crippen molar-refractivity contribution in [3.8, 4) is 0 Å². The molecule has 1 aromatic heterocycles. The monoisotopic (exact) mass is 531 g/mol. The summed E-state index contributed by atoms with van der Waals surface area (Å²) < 4.78 is 13.6. The Labute approximate surface area is 225 Å². The molecule has 1 saturated heterocycles. The van der Waals surface area contributed by atoms with E-state index in [2.05, 4.69) is 20.6 Å². The summed E-state index contributed by atoms with van der Waals surface area (Å²) in [6, 6.07) is 10.7. The van der Waals surface area contributed by atoms with Crippen molar-refractivity contribution in [1.29, 1.82) is 0 Å². The lowest BCUT2D eigenvalue weighted by Gasteiger charge is -2.27. The molecule has 3 aromatic rings. The highest BCUT2D eigenvalue weighted by molar-refractivity contribution is 5.98. The first-order valence-corrected chi connectivity index (χ1v) is 13.1. The first-order valence-electron chi connectivity index (χ1n) is 13.1. The average Bonchev–Trinajstić information content (AvgIpc) is 3.35. The van der Waals surface area contributed by atoms with Gasteiger partial charge in [0.2, 0.25) is 5.95 Å². The molecule has 1 atom stereocenters. The van der Waals surface area contributed by atoms with E-state index < -0.39 is 17.8 Å². The van der Waals surface area contributed by atoms with E-state index in [4.69, 9.17) is 0 Å². The molecule has 2 heterocycles. The Morgan fingerprint density at radius 2 is 1.74 bits per heavy atom. The van der Waals surface area contributed by atoms with Crippen LogP contribution in [0.2, 0.25) is 0 Å². The molecule has 9 nitrogen and oxygen atoms in total. The van der Waals surface area contributed by atoms with Crippen molar-refractivity contribution in [1.82, 2.24) is 20.6 Å². The number of aryl methyl sites for hydroxylation is 2. The van der Waals surface area contributed by atoms with E-state index >= 15 is 0 Å².